The first-order chi connectivity index (χ1) is 22.7. The summed E-state index contributed by atoms with van der Waals surface area (Å²) >= 11 is 0. The molecule has 1 aromatic rings. The van der Waals surface area contributed by atoms with E-state index in [1.54, 1.807) is 19.1 Å². The first-order valence-electron chi connectivity index (χ1n) is 17.4. The van der Waals surface area contributed by atoms with Crippen molar-refractivity contribution in [2.75, 3.05) is 13.2 Å². The topological polar surface area (TPSA) is 125 Å². The van der Waals surface area contributed by atoms with Crippen LogP contribution >= 0.6 is 0 Å². The molecule has 1 saturated carbocycles. The number of rotatable bonds is 15. The van der Waals surface area contributed by atoms with E-state index < -0.39 is 53.7 Å². The fourth-order valence-electron chi connectivity index (χ4n) is 8.49. The van der Waals surface area contributed by atoms with Crippen LogP contribution in [0.1, 0.15) is 89.7 Å². The highest BCUT2D eigenvalue weighted by atomic mass is 16.6. The summed E-state index contributed by atoms with van der Waals surface area (Å²) in [6, 6.07) is 7.14. The Kier molecular flexibility index (Phi) is 11.2. The molecular weight excluding hydrogens is 598 g/mol. The summed E-state index contributed by atoms with van der Waals surface area (Å²) in [4.78, 5) is 59.5. The van der Waals surface area contributed by atoms with Crippen LogP contribution in [0.25, 0.3) is 0 Å². The number of carbonyl (C=O) groups excluding carboxylic acids is 4. The maximum absolute atomic E-state index is 14.7. The molecule has 47 heavy (non-hydrogen) atoms. The van der Waals surface area contributed by atoms with Crippen molar-refractivity contribution in [2.24, 2.45) is 11.8 Å². The molecule has 3 saturated heterocycles. The van der Waals surface area contributed by atoms with E-state index in [9.17, 15) is 24.3 Å². The van der Waals surface area contributed by atoms with Crippen LogP contribution in [0, 0.1) is 11.8 Å². The van der Waals surface area contributed by atoms with E-state index in [4.69, 9.17) is 9.47 Å². The predicted molar refractivity (Wildman–Crippen MR) is 177 cm³/mol. The maximum Gasteiger partial charge on any atom is 0.313 e. The molecule has 3 amide bonds. The van der Waals surface area contributed by atoms with Gasteiger partial charge in [0.1, 0.15) is 17.7 Å². The van der Waals surface area contributed by atoms with Crippen LogP contribution in [-0.4, -0.2) is 87.6 Å². The fraction of sp³-hybridized carbons (Fsp3) is 0.622. The lowest BCUT2D eigenvalue weighted by molar-refractivity contribution is -0.162. The molecule has 8 atom stereocenters. The normalized spacial score (nSPS) is 28.7. The van der Waals surface area contributed by atoms with E-state index >= 15 is 0 Å². The lowest BCUT2D eigenvalue weighted by Gasteiger charge is -2.42. The van der Waals surface area contributed by atoms with Crippen LogP contribution in [0.3, 0.4) is 0 Å². The number of ether oxygens (including phenoxy) is 2. The molecule has 3 heterocycles. The first kappa shape index (κ1) is 34.8. The van der Waals surface area contributed by atoms with Gasteiger partial charge in [0.15, 0.2) is 0 Å². The van der Waals surface area contributed by atoms with Gasteiger partial charge in [-0.05, 0) is 51.0 Å². The van der Waals surface area contributed by atoms with Gasteiger partial charge in [0.2, 0.25) is 17.7 Å². The Morgan fingerprint density at radius 3 is 2.51 bits per heavy atom. The van der Waals surface area contributed by atoms with Crippen molar-refractivity contribution in [1.82, 2.24) is 15.1 Å². The predicted octanol–water partition coefficient (Wildman–Crippen LogP) is 4.23. The highest BCUT2D eigenvalue weighted by molar-refractivity contribution is 5.98. The number of aliphatic hydroxyl groups excluding tert-OH is 1. The number of nitrogens with one attached hydrogen (secondary N) is 1. The molecule has 10 heteroatoms. The van der Waals surface area contributed by atoms with Crippen molar-refractivity contribution >= 4 is 23.7 Å². The van der Waals surface area contributed by atoms with Crippen LogP contribution in [-0.2, 0) is 28.7 Å². The van der Waals surface area contributed by atoms with Crippen LogP contribution in [0.5, 0.6) is 0 Å². The van der Waals surface area contributed by atoms with E-state index in [0.29, 0.717) is 37.8 Å². The molecular formula is C37H51N3O7. The van der Waals surface area contributed by atoms with E-state index in [1.165, 1.54) is 4.90 Å². The molecule has 2 N–H and O–H groups in total. The van der Waals surface area contributed by atoms with Gasteiger partial charge >= 0.3 is 5.97 Å². The molecule has 256 valence electrons. The summed E-state index contributed by atoms with van der Waals surface area (Å²) in [5.41, 5.74) is -0.492. The summed E-state index contributed by atoms with van der Waals surface area (Å²) in [6.07, 6.45) is 9.15. The monoisotopic (exact) mass is 649 g/mol. The lowest BCUT2D eigenvalue weighted by Crippen LogP contribution is -2.60. The van der Waals surface area contributed by atoms with Gasteiger partial charge in [0.25, 0.3) is 0 Å². The minimum atomic E-state index is -1.20. The Morgan fingerprint density at radius 2 is 1.87 bits per heavy atom. The van der Waals surface area contributed by atoms with Crippen molar-refractivity contribution in [1.29, 1.82) is 0 Å². The lowest BCUT2D eigenvalue weighted by atomic mass is 9.70. The van der Waals surface area contributed by atoms with Gasteiger partial charge in [-0.1, -0.05) is 68.7 Å². The number of allylic oxidation sites excluding steroid dienone is 1. The third-order valence-electron chi connectivity index (χ3n) is 10.7. The Morgan fingerprint density at radius 1 is 1.15 bits per heavy atom. The van der Waals surface area contributed by atoms with Gasteiger partial charge in [-0.15, -0.1) is 13.2 Å². The molecule has 0 radical (unpaired) electrons. The third-order valence-corrected chi connectivity index (χ3v) is 10.7. The smallest absolute Gasteiger partial charge is 0.313 e. The minimum Gasteiger partial charge on any atom is -0.455 e. The highest BCUT2D eigenvalue weighted by Gasteiger charge is 2.75. The second kappa shape index (κ2) is 15.2. The zero-order valence-electron chi connectivity index (χ0n) is 27.9. The molecule has 1 aliphatic carbocycles. The Hall–Kier alpha value is -3.50. The van der Waals surface area contributed by atoms with Crippen molar-refractivity contribution < 1.29 is 33.8 Å². The number of amides is 3. The number of likely N-dealkylation sites (tertiary alicyclic amines) is 1. The van der Waals surface area contributed by atoms with E-state index in [-0.39, 0.29) is 36.8 Å². The van der Waals surface area contributed by atoms with Gasteiger partial charge in [0.05, 0.1) is 36.6 Å². The zero-order chi connectivity index (χ0) is 33.7. The molecule has 10 nitrogen and oxygen atoms in total. The molecule has 5 rings (SSSR count). The summed E-state index contributed by atoms with van der Waals surface area (Å²) in [6.45, 7) is 11.3. The summed E-state index contributed by atoms with van der Waals surface area (Å²) in [5.74, 6) is -3.17. The molecule has 4 fully saturated rings. The molecule has 0 unspecified atom stereocenters. The molecule has 4 aliphatic rings. The number of hydrogen-bond donors (Lipinski definition) is 2. The second-order valence-corrected chi connectivity index (χ2v) is 13.6. The van der Waals surface area contributed by atoms with E-state index in [0.717, 1.165) is 32.1 Å². The second-order valence-electron chi connectivity index (χ2n) is 13.6. The SMILES string of the molecule is C=CCCC(=O)N[C@@H](C)[C@H](OC(=O)[C@@H]1[C@H]2C(=O)N([C@@H](CC)CO)[C@H](C(=O)N(CC=C)C3CCCCC3)[C@]23CC[C@H]1O3)c1ccccc1. The molecule has 3 aliphatic heterocycles. The van der Waals surface area contributed by atoms with Gasteiger partial charge < -0.3 is 29.7 Å². The number of fused-ring (bicyclic) bond motifs is 1. The molecule has 2 bridgehead atoms. The largest absolute Gasteiger partial charge is 0.455 e. The number of carbonyl (C=O) groups is 4. The standard InChI is InChI=1S/C37H51N3O7/c1-5-8-19-29(42)38-24(4)32(25-15-11-9-12-16-25)46-36(45)30-28-20-21-37(47-28)31(30)34(43)40(26(7-3)23-41)33(37)35(44)39(22-6-2)27-17-13-10-14-18-27/h5-6,9,11-12,15-16,24,26-28,30-33,41H,1-2,7-8,10,13-14,17-23H2,3-4H3,(H,38,42)/t24-,26-,28+,30-,31-,32-,33+,37-/m0/s1. The number of aliphatic hydroxyl groups is 1. The van der Waals surface area contributed by atoms with Crippen LogP contribution < -0.4 is 5.32 Å². The third kappa shape index (κ3) is 6.64. The van der Waals surface area contributed by atoms with Gasteiger partial charge in [-0.3, -0.25) is 19.2 Å². The minimum absolute atomic E-state index is 0.0324. The Bertz CT molecular complexity index is 1310. The van der Waals surface area contributed by atoms with E-state index in [1.807, 2.05) is 42.2 Å². The van der Waals surface area contributed by atoms with E-state index in [2.05, 4.69) is 18.5 Å². The Balaban J connectivity index is 1.47. The van der Waals surface area contributed by atoms with Gasteiger partial charge in [0, 0.05) is 19.0 Å². The number of hydrogen-bond acceptors (Lipinski definition) is 7. The van der Waals surface area contributed by atoms with Gasteiger partial charge in [-0.2, -0.15) is 0 Å². The number of esters is 1. The number of nitrogens with zero attached hydrogens (tertiary/aromatic N) is 2. The van der Waals surface area contributed by atoms with Gasteiger partial charge in [-0.25, -0.2) is 0 Å². The molecule has 0 aromatic heterocycles. The number of benzene rings is 1. The van der Waals surface area contributed by atoms with Crippen molar-refractivity contribution in [3.63, 3.8) is 0 Å². The zero-order valence-corrected chi connectivity index (χ0v) is 27.9. The van der Waals surface area contributed by atoms with Crippen molar-refractivity contribution in [3.05, 3.63) is 61.2 Å². The summed E-state index contributed by atoms with van der Waals surface area (Å²) < 4.78 is 12.9. The maximum atomic E-state index is 14.7. The van der Waals surface area contributed by atoms with Crippen LogP contribution in [0.15, 0.2) is 55.6 Å². The highest BCUT2D eigenvalue weighted by Crippen LogP contribution is 2.59. The summed E-state index contributed by atoms with van der Waals surface area (Å²) in [5, 5.41) is 13.4. The van der Waals surface area contributed by atoms with Crippen molar-refractivity contribution in [3.8, 4) is 0 Å². The van der Waals surface area contributed by atoms with Crippen LogP contribution in [0.4, 0.5) is 0 Å². The molecule has 1 spiro atoms. The van der Waals surface area contributed by atoms with Crippen molar-refractivity contribution in [2.45, 2.75) is 120 Å². The average Bonchev–Trinajstić information content (AvgIpc) is 3.73. The average molecular weight is 650 g/mol. The fourth-order valence-corrected chi connectivity index (χ4v) is 8.49. The van der Waals surface area contributed by atoms with Crippen LogP contribution in [0.2, 0.25) is 0 Å². The Labute approximate surface area is 278 Å². The molecule has 1 aromatic carbocycles. The summed E-state index contributed by atoms with van der Waals surface area (Å²) in [7, 11) is 0. The quantitative estimate of drug-likeness (QED) is 0.215. The first-order valence-corrected chi connectivity index (χ1v) is 17.4.